The molecule has 1 amide bonds. The molecule has 2 fully saturated rings. The summed E-state index contributed by atoms with van der Waals surface area (Å²) in [7, 11) is 1.79. The largest absolute Gasteiger partial charge is 0.353 e. The molecule has 1 aromatic carbocycles. The Morgan fingerprint density at radius 1 is 1.42 bits per heavy atom. The number of likely N-dealkylation sites (tertiary alicyclic amines) is 1. The number of nitrogens with zero attached hydrogens (tertiary/aromatic N) is 2. The van der Waals surface area contributed by atoms with Crippen LogP contribution in [0.15, 0.2) is 29.3 Å². The molecule has 0 spiro atoms. The summed E-state index contributed by atoms with van der Waals surface area (Å²) in [5.41, 5.74) is 1.27. The van der Waals surface area contributed by atoms with Crippen molar-refractivity contribution < 1.29 is 4.79 Å². The molecule has 0 bridgehead atoms. The van der Waals surface area contributed by atoms with Gasteiger partial charge in [0.25, 0.3) is 0 Å². The van der Waals surface area contributed by atoms with Gasteiger partial charge in [0.1, 0.15) is 0 Å². The topological polar surface area (TPSA) is 56.7 Å². The van der Waals surface area contributed by atoms with Crippen molar-refractivity contribution in [1.29, 1.82) is 0 Å². The molecule has 3 unspecified atom stereocenters. The van der Waals surface area contributed by atoms with E-state index in [2.05, 4.69) is 21.7 Å². The van der Waals surface area contributed by atoms with Crippen molar-refractivity contribution in [3.05, 3.63) is 34.9 Å². The quantitative estimate of drug-likeness (QED) is 0.648. The van der Waals surface area contributed by atoms with E-state index in [1.165, 1.54) is 5.56 Å². The van der Waals surface area contributed by atoms with Crippen LogP contribution in [0.2, 0.25) is 5.02 Å². The lowest BCUT2D eigenvalue weighted by molar-refractivity contribution is -0.129. The molecule has 1 aliphatic carbocycles. The zero-order valence-electron chi connectivity index (χ0n) is 14.3. The summed E-state index contributed by atoms with van der Waals surface area (Å²) in [5, 5.41) is 7.72. The second-order valence-corrected chi connectivity index (χ2v) is 6.98. The monoisotopic (exact) mass is 348 g/mol. The number of amides is 1. The highest BCUT2D eigenvalue weighted by Gasteiger charge is 2.39. The maximum atomic E-state index is 11.8. The first-order valence-corrected chi connectivity index (χ1v) is 9.01. The Morgan fingerprint density at radius 3 is 2.96 bits per heavy atom. The number of rotatable bonds is 4. The molecular weight excluding hydrogens is 324 g/mol. The van der Waals surface area contributed by atoms with Crippen molar-refractivity contribution in [2.24, 2.45) is 4.99 Å². The lowest BCUT2D eigenvalue weighted by Crippen LogP contribution is -2.46. The fraction of sp³-hybridized carbons (Fsp3) is 0.556. The van der Waals surface area contributed by atoms with E-state index < -0.39 is 0 Å². The Balaban J connectivity index is 1.49. The molecule has 5 nitrogen and oxygen atoms in total. The van der Waals surface area contributed by atoms with Crippen molar-refractivity contribution in [3.63, 3.8) is 0 Å². The van der Waals surface area contributed by atoms with Gasteiger partial charge in [-0.1, -0.05) is 30.7 Å². The number of guanidine groups is 1. The molecule has 3 rings (SSSR count). The van der Waals surface area contributed by atoms with E-state index in [0.29, 0.717) is 18.4 Å². The highest BCUT2D eigenvalue weighted by molar-refractivity contribution is 6.30. The summed E-state index contributed by atoms with van der Waals surface area (Å²) in [6.45, 7) is 3.50. The molecule has 1 aromatic rings. The zero-order valence-corrected chi connectivity index (χ0v) is 15.0. The van der Waals surface area contributed by atoms with Crippen molar-refractivity contribution in [3.8, 4) is 0 Å². The van der Waals surface area contributed by atoms with Gasteiger partial charge < -0.3 is 15.5 Å². The number of halogens is 1. The highest BCUT2D eigenvalue weighted by Crippen LogP contribution is 2.41. The Labute approximate surface area is 148 Å². The molecule has 3 atom stereocenters. The summed E-state index contributed by atoms with van der Waals surface area (Å²) >= 11 is 6.07. The lowest BCUT2D eigenvalue weighted by Gasteiger charge is -2.19. The van der Waals surface area contributed by atoms with E-state index in [1.54, 1.807) is 7.05 Å². The summed E-state index contributed by atoms with van der Waals surface area (Å²) < 4.78 is 0. The van der Waals surface area contributed by atoms with Gasteiger partial charge in [0.05, 0.1) is 0 Å². The molecular formula is C18H25ClN4O. The SMILES string of the molecule is CCC(=O)N1CCC(NC(=NC)NC2CC2c2cccc(Cl)c2)C1. The predicted octanol–water partition coefficient (Wildman–Crippen LogP) is 2.37. The normalized spacial score (nSPS) is 26.4. The summed E-state index contributed by atoms with van der Waals surface area (Å²) in [5.74, 6) is 1.54. The van der Waals surface area contributed by atoms with E-state index >= 15 is 0 Å². The van der Waals surface area contributed by atoms with Crippen molar-refractivity contribution >= 4 is 23.5 Å². The molecule has 24 heavy (non-hydrogen) atoms. The second kappa shape index (κ2) is 7.43. The third-order valence-electron chi connectivity index (χ3n) is 4.80. The molecule has 2 aliphatic rings. The van der Waals surface area contributed by atoms with Gasteiger partial charge >= 0.3 is 0 Å². The van der Waals surface area contributed by atoms with Gasteiger partial charge in [-0.2, -0.15) is 0 Å². The van der Waals surface area contributed by atoms with Gasteiger partial charge in [0, 0.05) is 49.6 Å². The van der Waals surface area contributed by atoms with Crippen LogP contribution in [0, 0.1) is 0 Å². The van der Waals surface area contributed by atoms with Gasteiger partial charge in [0.2, 0.25) is 5.91 Å². The van der Waals surface area contributed by atoms with Crippen LogP contribution >= 0.6 is 11.6 Å². The summed E-state index contributed by atoms with van der Waals surface area (Å²) in [6.07, 6.45) is 2.63. The van der Waals surface area contributed by atoms with E-state index in [1.807, 2.05) is 30.0 Å². The Kier molecular flexibility index (Phi) is 5.29. The number of hydrogen-bond acceptors (Lipinski definition) is 2. The van der Waals surface area contributed by atoms with Crippen LogP contribution in [0.25, 0.3) is 0 Å². The number of carbonyl (C=O) groups excluding carboxylic acids is 1. The minimum Gasteiger partial charge on any atom is -0.353 e. The molecule has 1 heterocycles. The fourth-order valence-corrected chi connectivity index (χ4v) is 3.53. The van der Waals surface area contributed by atoms with E-state index in [-0.39, 0.29) is 11.9 Å². The van der Waals surface area contributed by atoms with Crippen LogP contribution in [0.5, 0.6) is 0 Å². The van der Waals surface area contributed by atoms with Crippen molar-refractivity contribution in [2.45, 2.75) is 44.2 Å². The maximum absolute atomic E-state index is 11.8. The first kappa shape index (κ1) is 17.1. The van der Waals surface area contributed by atoms with Crippen molar-refractivity contribution in [2.75, 3.05) is 20.1 Å². The highest BCUT2D eigenvalue weighted by atomic mass is 35.5. The Morgan fingerprint density at radius 2 is 2.25 bits per heavy atom. The molecule has 0 radical (unpaired) electrons. The van der Waals surface area contributed by atoms with E-state index in [0.717, 1.165) is 36.9 Å². The van der Waals surface area contributed by atoms with Crippen LogP contribution in [-0.2, 0) is 4.79 Å². The van der Waals surface area contributed by atoms with Crippen LogP contribution in [-0.4, -0.2) is 49.0 Å². The zero-order chi connectivity index (χ0) is 17.1. The third-order valence-corrected chi connectivity index (χ3v) is 5.03. The molecule has 6 heteroatoms. The van der Waals surface area contributed by atoms with Gasteiger partial charge in [-0.05, 0) is 30.5 Å². The molecule has 1 saturated heterocycles. The summed E-state index contributed by atoms with van der Waals surface area (Å²) in [6, 6.07) is 8.73. The van der Waals surface area contributed by atoms with Crippen molar-refractivity contribution in [1.82, 2.24) is 15.5 Å². The minimum atomic E-state index is 0.227. The van der Waals surface area contributed by atoms with Crippen LogP contribution in [0.4, 0.5) is 0 Å². The average molecular weight is 349 g/mol. The third kappa shape index (κ3) is 4.01. The van der Waals surface area contributed by atoms with Gasteiger partial charge in [-0.15, -0.1) is 0 Å². The Hall–Kier alpha value is -1.75. The maximum Gasteiger partial charge on any atom is 0.222 e. The summed E-state index contributed by atoms with van der Waals surface area (Å²) in [4.78, 5) is 18.0. The van der Waals surface area contributed by atoms with E-state index in [9.17, 15) is 4.79 Å². The minimum absolute atomic E-state index is 0.227. The molecule has 2 N–H and O–H groups in total. The first-order valence-electron chi connectivity index (χ1n) is 8.63. The van der Waals surface area contributed by atoms with Gasteiger partial charge in [-0.3, -0.25) is 9.79 Å². The number of carbonyl (C=O) groups is 1. The smallest absolute Gasteiger partial charge is 0.222 e. The molecule has 0 aromatic heterocycles. The number of hydrogen-bond donors (Lipinski definition) is 2. The van der Waals surface area contributed by atoms with Crippen LogP contribution in [0.1, 0.15) is 37.7 Å². The van der Waals surface area contributed by atoms with E-state index in [4.69, 9.17) is 11.6 Å². The molecule has 1 aliphatic heterocycles. The fourth-order valence-electron chi connectivity index (χ4n) is 3.33. The van der Waals surface area contributed by atoms with Gasteiger partial charge in [-0.25, -0.2) is 0 Å². The number of aliphatic imine (C=N–C) groups is 1. The Bertz CT molecular complexity index is 633. The molecule has 130 valence electrons. The second-order valence-electron chi connectivity index (χ2n) is 6.54. The number of nitrogens with one attached hydrogen (secondary N) is 2. The van der Waals surface area contributed by atoms with Crippen LogP contribution < -0.4 is 10.6 Å². The number of benzene rings is 1. The standard InChI is InChI=1S/C18H25ClN4O/c1-3-17(24)23-8-7-14(11-23)21-18(20-2)22-16-10-15(16)12-5-4-6-13(19)9-12/h4-6,9,14-16H,3,7-8,10-11H2,1-2H3,(H2,20,21,22). The van der Waals surface area contributed by atoms with Crippen LogP contribution in [0.3, 0.4) is 0 Å². The molecule has 1 saturated carbocycles. The average Bonchev–Trinajstić information content (AvgIpc) is 3.20. The lowest BCUT2D eigenvalue weighted by atomic mass is 10.1. The van der Waals surface area contributed by atoms with Gasteiger partial charge in [0.15, 0.2) is 5.96 Å². The first-order chi connectivity index (χ1) is 11.6. The predicted molar refractivity (Wildman–Crippen MR) is 97.5 cm³/mol.